The van der Waals surface area contributed by atoms with E-state index in [-0.39, 0.29) is 48.8 Å². The topological polar surface area (TPSA) is 142 Å². The van der Waals surface area contributed by atoms with Gasteiger partial charge in [-0.15, -0.1) is 23.2 Å². The van der Waals surface area contributed by atoms with Crippen molar-refractivity contribution < 1.29 is 60.9 Å². The number of anilines is 2. The van der Waals surface area contributed by atoms with E-state index in [2.05, 4.69) is 0 Å². The SMILES string of the molecule is COc1cc([C@H]2C3=CC[C@@H]4C(=O)N(c5cccc(C(=O)O)c5)C(=O)[C@@H]4[C@@H]3C[C@@]3(Cl)C(=O)N(c4c(F)c(F)c(F)c(F)c4F)C(=O)[C@@]23Cl)cc(I)c1O. The summed E-state index contributed by atoms with van der Waals surface area (Å²) in [6, 6.07) is 7.61. The molecule has 2 N–H and O–H groups in total. The van der Waals surface area contributed by atoms with Crippen LogP contribution in [0.3, 0.4) is 0 Å². The first-order valence-electron chi connectivity index (χ1n) is 15.2. The summed E-state index contributed by atoms with van der Waals surface area (Å²) in [6.45, 7) is 0. The van der Waals surface area contributed by atoms with Crippen LogP contribution in [0.4, 0.5) is 33.3 Å². The van der Waals surface area contributed by atoms with Crippen LogP contribution in [0.25, 0.3) is 0 Å². The fourth-order valence-corrected chi connectivity index (χ4v) is 9.45. The highest BCUT2D eigenvalue weighted by molar-refractivity contribution is 14.1. The first-order valence-corrected chi connectivity index (χ1v) is 17.0. The molecule has 0 bridgehead atoms. The van der Waals surface area contributed by atoms with Crippen LogP contribution in [-0.4, -0.2) is 56.7 Å². The second-order valence-electron chi connectivity index (χ2n) is 12.6. The van der Waals surface area contributed by atoms with E-state index in [1.54, 1.807) is 22.6 Å². The largest absolute Gasteiger partial charge is 0.504 e. The lowest BCUT2D eigenvalue weighted by Crippen LogP contribution is -2.60. The van der Waals surface area contributed by atoms with E-state index >= 15 is 8.78 Å². The van der Waals surface area contributed by atoms with E-state index in [0.29, 0.717) is 0 Å². The van der Waals surface area contributed by atoms with Crippen molar-refractivity contribution in [2.45, 2.75) is 28.5 Å². The summed E-state index contributed by atoms with van der Waals surface area (Å²) in [7, 11) is 1.21. The Hall–Kier alpha value is -4.29. The van der Waals surface area contributed by atoms with Crippen LogP contribution in [0.15, 0.2) is 48.0 Å². The molecule has 3 aromatic carbocycles. The van der Waals surface area contributed by atoms with Gasteiger partial charge in [0.15, 0.2) is 44.5 Å². The molecule has 0 radical (unpaired) electrons. The van der Waals surface area contributed by atoms with Crippen LogP contribution >= 0.6 is 45.8 Å². The number of ether oxygens (including phenoxy) is 1. The molecular formula is C34H20Cl2F5IN2O8. The molecule has 0 unspecified atom stereocenters. The van der Waals surface area contributed by atoms with Crippen LogP contribution in [0.1, 0.15) is 34.7 Å². The van der Waals surface area contributed by atoms with Crippen molar-refractivity contribution in [1.29, 1.82) is 0 Å². The number of aromatic hydroxyl groups is 1. The van der Waals surface area contributed by atoms with E-state index in [1.165, 1.54) is 43.5 Å². The van der Waals surface area contributed by atoms with Gasteiger partial charge in [-0.25, -0.2) is 31.6 Å². The molecule has 10 nitrogen and oxygen atoms in total. The lowest BCUT2D eigenvalue weighted by Gasteiger charge is -2.50. The fourth-order valence-electron chi connectivity index (χ4n) is 7.89. The predicted molar refractivity (Wildman–Crippen MR) is 180 cm³/mol. The van der Waals surface area contributed by atoms with Crippen molar-refractivity contribution in [1.82, 2.24) is 0 Å². The number of nitrogens with zero attached hydrogens (tertiary/aromatic N) is 2. The molecule has 18 heteroatoms. The van der Waals surface area contributed by atoms with Gasteiger partial charge in [0.2, 0.25) is 17.6 Å². The Morgan fingerprint density at radius 3 is 2.15 bits per heavy atom. The summed E-state index contributed by atoms with van der Waals surface area (Å²) < 4.78 is 78.9. The zero-order valence-electron chi connectivity index (χ0n) is 26.0. The molecule has 2 heterocycles. The van der Waals surface area contributed by atoms with E-state index in [4.69, 9.17) is 27.9 Å². The summed E-state index contributed by atoms with van der Waals surface area (Å²) in [4.78, 5) is 63.5. The van der Waals surface area contributed by atoms with Gasteiger partial charge in [-0.2, -0.15) is 0 Å². The number of phenolic OH excluding ortho intramolecular Hbond substituents is 1. The highest BCUT2D eigenvalue weighted by Crippen LogP contribution is 2.66. The molecule has 4 amide bonds. The molecule has 6 atom stereocenters. The van der Waals surface area contributed by atoms with E-state index < -0.39 is 104 Å². The van der Waals surface area contributed by atoms with Gasteiger partial charge >= 0.3 is 5.97 Å². The molecule has 0 spiro atoms. The second-order valence-corrected chi connectivity index (χ2v) is 15.0. The molecule has 3 aromatic rings. The number of carbonyl (C=O) groups excluding carboxylic acids is 4. The third-order valence-electron chi connectivity index (χ3n) is 10.2. The Bertz CT molecular complexity index is 2210. The van der Waals surface area contributed by atoms with E-state index in [1.807, 2.05) is 0 Å². The van der Waals surface area contributed by atoms with Crippen molar-refractivity contribution in [3.63, 3.8) is 0 Å². The van der Waals surface area contributed by atoms with Crippen molar-refractivity contribution in [2.75, 3.05) is 16.9 Å². The number of carbonyl (C=O) groups is 5. The van der Waals surface area contributed by atoms with Gasteiger partial charge in [-0.3, -0.25) is 24.1 Å². The molecule has 4 aliphatic rings. The van der Waals surface area contributed by atoms with Gasteiger partial charge in [0.1, 0.15) is 5.69 Å². The molecule has 270 valence electrons. The number of carboxylic acids is 1. The number of hydrogen-bond acceptors (Lipinski definition) is 7. The zero-order chi connectivity index (χ0) is 37.9. The number of alkyl halides is 2. The van der Waals surface area contributed by atoms with Crippen molar-refractivity contribution in [3.8, 4) is 11.5 Å². The molecule has 2 aliphatic carbocycles. The summed E-state index contributed by atoms with van der Waals surface area (Å²) in [5.41, 5.74) is -1.98. The maximum Gasteiger partial charge on any atom is 0.335 e. The van der Waals surface area contributed by atoms with E-state index in [9.17, 15) is 47.4 Å². The van der Waals surface area contributed by atoms with Crippen molar-refractivity contribution >= 4 is 86.8 Å². The van der Waals surface area contributed by atoms with Crippen molar-refractivity contribution in [3.05, 3.63) is 91.8 Å². The number of allylic oxidation sites excluding steroid dienone is 2. The summed E-state index contributed by atoms with van der Waals surface area (Å²) in [5, 5.41) is 20.1. The molecule has 52 heavy (non-hydrogen) atoms. The Balaban J connectivity index is 1.44. The molecule has 2 saturated heterocycles. The third-order valence-corrected chi connectivity index (χ3v) is 12.4. The van der Waals surface area contributed by atoms with Gasteiger partial charge in [0.25, 0.3) is 11.8 Å². The van der Waals surface area contributed by atoms with Gasteiger partial charge in [-0.05, 0) is 77.2 Å². The van der Waals surface area contributed by atoms with Crippen molar-refractivity contribution in [2.24, 2.45) is 17.8 Å². The number of phenols is 1. The van der Waals surface area contributed by atoms with Crippen LogP contribution in [0.5, 0.6) is 11.5 Å². The molecule has 0 aromatic heterocycles. The Morgan fingerprint density at radius 1 is 0.904 bits per heavy atom. The minimum absolute atomic E-state index is 0.0386. The average Bonchev–Trinajstić information content (AvgIpc) is 3.45. The Kier molecular flexibility index (Phi) is 8.42. The van der Waals surface area contributed by atoms with Crippen LogP contribution < -0.4 is 14.5 Å². The maximum absolute atomic E-state index is 15.3. The third kappa shape index (κ3) is 4.61. The second kappa shape index (κ2) is 12.1. The molecule has 1 saturated carbocycles. The highest BCUT2D eigenvalue weighted by atomic mass is 127. The van der Waals surface area contributed by atoms with Crippen LogP contribution in [-0.2, 0) is 19.2 Å². The quantitative estimate of drug-likeness (QED) is 0.0591. The average molecular weight is 877 g/mol. The minimum atomic E-state index is -2.77. The molecule has 7 rings (SSSR count). The normalized spacial score (nSPS) is 28.1. The number of rotatable bonds is 5. The number of amides is 4. The van der Waals surface area contributed by atoms with E-state index in [0.717, 1.165) is 11.0 Å². The first kappa shape index (κ1) is 36.1. The molecular weight excluding hydrogens is 857 g/mol. The Labute approximate surface area is 312 Å². The number of methoxy groups -OCH3 is 1. The Morgan fingerprint density at radius 2 is 1.54 bits per heavy atom. The van der Waals surface area contributed by atoms with Crippen LogP contribution in [0.2, 0.25) is 0 Å². The van der Waals surface area contributed by atoms with Crippen LogP contribution in [0, 0.1) is 50.4 Å². The predicted octanol–water partition coefficient (Wildman–Crippen LogP) is 6.17. The number of benzene rings is 3. The monoisotopic (exact) mass is 876 g/mol. The number of fused-ring (bicyclic) bond motifs is 4. The lowest BCUT2D eigenvalue weighted by molar-refractivity contribution is -0.125. The number of halogens is 8. The first-order chi connectivity index (χ1) is 24.4. The lowest BCUT2D eigenvalue weighted by atomic mass is 9.56. The fraction of sp³-hybridized carbons (Fsp3) is 0.265. The number of aromatic carboxylic acids is 1. The van der Waals surface area contributed by atoms with Gasteiger partial charge in [0, 0.05) is 5.92 Å². The zero-order valence-corrected chi connectivity index (χ0v) is 29.7. The molecule has 2 aliphatic heterocycles. The summed E-state index contributed by atoms with van der Waals surface area (Å²) in [5.74, 6) is -24.3. The number of carboxylic acid groups (broad SMARTS) is 1. The number of hydrogen-bond donors (Lipinski definition) is 2. The van der Waals surface area contributed by atoms with Gasteiger partial charge in [-0.1, -0.05) is 17.7 Å². The van der Waals surface area contributed by atoms with Gasteiger partial charge in [0.05, 0.1) is 33.8 Å². The standard InChI is InChI=1S/C34H20Cl2F5IN2O8/c1-52-18-9-12(8-17(42)27(18)45)20-14-5-6-15-19(29(47)43(28(15)46)13-4-2-3-11(7-13)30(48)49)16(14)10-33(35)31(50)44(32(51)34(20,33)36)26-24(40)22(38)21(37)23(39)25(26)41/h2-5,7-9,15-16,19-20,45H,6,10H2,1H3,(H,48,49)/t15-,16+,19-,20-,33+,34-/m0/s1. The minimum Gasteiger partial charge on any atom is -0.504 e. The van der Waals surface area contributed by atoms with Gasteiger partial charge < -0.3 is 14.9 Å². The smallest absolute Gasteiger partial charge is 0.335 e. The highest BCUT2D eigenvalue weighted by Gasteiger charge is 2.77. The summed E-state index contributed by atoms with van der Waals surface area (Å²) in [6.07, 6.45) is 0.640. The summed E-state index contributed by atoms with van der Waals surface area (Å²) >= 11 is 16.0. The number of imide groups is 2. The molecule has 3 fully saturated rings. The maximum atomic E-state index is 15.3.